The third-order valence-electron chi connectivity index (χ3n) is 7.56. The summed E-state index contributed by atoms with van der Waals surface area (Å²) in [7, 11) is 0. The van der Waals surface area contributed by atoms with Crippen LogP contribution in [0.25, 0.3) is 0 Å². The number of hydrogen-bond acceptors (Lipinski definition) is 1. The number of ether oxygens (including phenoxy) is 1. The Bertz CT molecular complexity index is 508. The maximum atomic E-state index is 12.4. The van der Waals surface area contributed by atoms with Gasteiger partial charge in [-0.05, 0) is 94.3 Å². The molecule has 0 amide bonds. The molecule has 0 bridgehead atoms. The predicted octanol–water partition coefficient (Wildman–Crippen LogP) is 7.97. The van der Waals surface area contributed by atoms with E-state index < -0.39 is 12.5 Å². The molecule has 3 aliphatic rings. The van der Waals surface area contributed by atoms with E-state index in [1.807, 2.05) is 6.08 Å². The molecule has 0 heterocycles. The second-order valence-corrected chi connectivity index (χ2v) is 9.35. The summed E-state index contributed by atoms with van der Waals surface area (Å²) in [5.74, 6) is 3.15. The van der Waals surface area contributed by atoms with Crippen molar-refractivity contribution >= 4 is 0 Å². The van der Waals surface area contributed by atoms with E-state index in [9.17, 15) is 13.2 Å². The van der Waals surface area contributed by atoms with Gasteiger partial charge >= 0.3 is 6.36 Å². The summed E-state index contributed by atoms with van der Waals surface area (Å²) in [5, 5.41) is 0. The van der Waals surface area contributed by atoms with Gasteiger partial charge in [-0.15, -0.1) is 19.8 Å². The number of halogens is 3. The highest BCUT2D eigenvalue weighted by atomic mass is 19.4. The largest absolute Gasteiger partial charge is 0.522 e. The van der Waals surface area contributed by atoms with E-state index in [0.29, 0.717) is 18.8 Å². The highest BCUT2D eigenvalue weighted by molar-refractivity contribution is 5.12. The van der Waals surface area contributed by atoms with Crippen molar-refractivity contribution < 1.29 is 17.9 Å². The Morgan fingerprint density at radius 1 is 0.964 bits per heavy atom. The first-order valence-corrected chi connectivity index (χ1v) is 11.5. The molecular weight excluding hydrogens is 361 g/mol. The summed E-state index contributed by atoms with van der Waals surface area (Å²) in [6.45, 7) is 3.82. The third kappa shape index (κ3) is 6.64. The highest BCUT2D eigenvalue weighted by Gasteiger charge is 2.36. The van der Waals surface area contributed by atoms with Crippen molar-refractivity contribution in [1.82, 2.24) is 0 Å². The summed E-state index contributed by atoms with van der Waals surface area (Å²) in [6, 6.07) is 0. The molecule has 3 aliphatic carbocycles. The average molecular weight is 399 g/mol. The van der Waals surface area contributed by atoms with Crippen LogP contribution in [0.4, 0.5) is 13.2 Å². The first-order chi connectivity index (χ1) is 13.4. The van der Waals surface area contributed by atoms with Crippen molar-refractivity contribution in [2.24, 2.45) is 23.7 Å². The van der Waals surface area contributed by atoms with Crippen LogP contribution < -0.4 is 0 Å². The standard InChI is InChI=1S/C24H37F3O/c1-2-3-4-5-18-6-8-19(9-7-18)20-10-12-21(13-11-20)22-14-16-23(17-15-22)28-24(25,26)27/h2,12,18-20,22-23H,1,3-11,13-17H2. The Kier molecular flexibility index (Phi) is 8.08. The molecule has 0 saturated heterocycles. The summed E-state index contributed by atoms with van der Waals surface area (Å²) >= 11 is 0. The van der Waals surface area contributed by atoms with Crippen molar-refractivity contribution in [1.29, 1.82) is 0 Å². The van der Waals surface area contributed by atoms with Gasteiger partial charge in [-0.1, -0.05) is 37.0 Å². The molecular formula is C24H37F3O. The Hall–Kier alpha value is -0.770. The fourth-order valence-electron chi connectivity index (χ4n) is 5.91. The Balaban J connectivity index is 1.38. The molecule has 0 aromatic heterocycles. The van der Waals surface area contributed by atoms with Gasteiger partial charge in [0.15, 0.2) is 0 Å². The van der Waals surface area contributed by atoms with Gasteiger partial charge in [0.25, 0.3) is 0 Å². The molecule has 2 fully saturated rings. The summed E-state index contributed by atoms with van der Waals surface area (Å²) in [5.41, 5.74) is 1.53. The topological polar surface area (TPSA) is 9.23 Å². The number of rotatable bonds is 7. The van der Waals surface area contributed by atoms with E-state index in [4.69, 9.17) is 0 Å². The van der Waals surface area contributed by atoms with E-state index in [1.165, 1.54) is 63.4 Å². The van der Waals surface area contributed by atoms with Crippen LogP contribution in [0.2, 0.25) is 0 Å². The predicted molar refractivity (Wildman–Crippen MR) is 108 cm³/mol. The Labute approximate surface area is 168 Å². The van der Waals surface area contributed by atoms with E-state index in [2.05, 4.69) is 17.4 Å². The monoisotopic (exact) mass is 398 g/mol. The van der Waals surface area contributed by atoms with Gasteiger partial charge in [-0.25, -0.2) is 0 Å². The fourth-order valence-corrected chi connectivity index (χ4v) is 5.91. The zero-order valence-electron chi connectivity index (χ0n) is 17.2. The van der Waals surface area contributed by atoms with Gasteiger partial charge in [-0.2, -0.15) is 0 Å². The average Bonchev–Trinajstić information content (AvgIpc) is 2.68. The molecule has 1 nitrogen and oxygen atoms in total. The molecule has 4 heteroatoms. The van der Waals surface area contributed by atoms with Gasteiger partial charge < -0.3 is 0 Å². The zero-order chi connectivity index (χ0) is 20.0. The maximum absolute atomic E-state index is 12.4. The van der Waals surface area contributed by atoms with Crippen molar-refractivity contribution in [2.45, 2.75) is 102 Å². The minimum absolute atomic E-state index is 0.495. The summed E-state index contributed by atoms with van der Waals surface area (Å²) < 4.78 is 41.4. The second kappa shape index (κ2) is 10.3. The van der Waals surface area contributed by atoms with Crippen LogP contribution in [-0.2, 0) is 4.74 Å². The lowest BCUT2D eigenvalue weighted by Gasteiger charge is -2.37. The quantitative estimate of drug-likeness (QED) is 0.312. The van der Waals surface area contributed by atoms with Crippen molar-refractivity contribution in [3.8, 4) is 0 Å². The molecule has 1 unspecified atom stereocenters. The van der Waals surface area contributed by atoms with E-state index in [-0.39, 0.29) is 0 Å². The lowest BCUT2D eigenvalue weighted by molar-refractivity contribution is -0.345. The lowest BCUT2D eigenvalue weighted by Crippen LogP contribution is -2.29. The summed E-state index contributed by atoms with van der Waals surface area (Å²) in [6.07, 6.45) is 15.2. The number of allylic oxidation sites excluding steroid dienone is 3. The van der Waals surface area contributed by atoms with Crippen molar-refractivity contribution in [3.63, 3.8) is 0 Å². The second-order valence-electron chi connectivity index (χ2n) is 9.35. The van der Waals surface area contributed by atoms with Gasteiger partial charge in [-0.3, -0.25) is 4.74 Å². The van der Waals surface area contributed by atoms with Crippen LogP contribution in [0.5, 0.6) is 0 Å². The van der Waals surface area contributed by atoms with E-state index in [0.717, 1.165) is 37.0 Å². The molecule has 0 aliphatic heterocycles. The van der Waals surface area contributed by atoms with Crippen LogP contribution in [0.1, 0.15) is 89.9 Å². The Morgan fingerprint density at radius 3 is 2.25 bits per heavy atom. The van der Waals surface area contributed by atoms with Gasteiger partial charge in [0.05, 0.1) is 6.10 Å². The van der Waals surface area contributed by atoms with E-state index >= 15 is 0 Å². The van der Waals surface area contributed by atoms with Crippen molar-refractivity contribution in [3.05, 3.63) is 24.3 Å². The van der Waals surface area contributed by atoms with Gasteiger partial charge in [0.1, 0.15) is 0 Å². The molecule has 0 radical (unpaired) electrons. The van der Waals surface area contributed by atoms with Crippen LogP contribution in [0.3, 0.4) is 0 Å². The molecule has 160 valence electrons. The molecule has 0 N–H and O–H groups in total. The first kappa shape index (κ1) is 21.9. The summed E-state index contributed by atoms with van der Waals surface area (Å²) in [4.78, 5) is 0. The van der Waals surface area contributed by atoms with Crippen LogP contribution >= 0.6 is 0 Å². The van der Waals surface area contributed by atoms with Gasteiger partial charge in [0, 0.05) is 0 Å². The van der Waals surface area contributed by atoms with Crippen molar-refractivity contribution in [2.75, 3.05) is 0 Å². The first-order valence-electron chi connectivity index (χ1n) is 11.5. The van der Waals surface area contributed by atoms with Gasteiger partial charge in [0.2, 0.25) is 0 Å². The number of unbranched alkanes of at least 4 members (excludes halogenated alkanes) is 1. The normalized spacial score (nSPS) is 34.7. The van der Waals surface area contributed by atoms with E-state index in [1.54, 1.807) is 0 Å². The molecule has 2 saturated carbocycles. The minimum Gasteiger partial charge on any atom is -0.289 e. The fraction of sp³-hybridized carbons (Fsp3) is 0.833. The molecule has 0 aromatic carbocycles. The Morgan fingerprint density at radius 2 is 1.68 bits per heavy atom. The number of alkyl halides is 3. The highest BCUT2D eigenvalue weighted by Crippen LogP contribution is 2.43. The molecule has 3 rings (SSSR count). The molecule has 1 atom stereocenters. The maximum Gasteiger partial charge on any atom is 0.522 e. The SMILES string of the molecule is C=CCCCC1CCC(C2CC=C(C3CCC(OC(F)(F)F)CC3)CC2)CC1. The molecule has 28 heavy (non-hydrogen) atoms. The smallest absolute Gasteiger partial charge is 0.289 e. The minimum atomic E-state index is -4.49. The number of hydrogen-bond donors (Lipinski definition) is 0. The van der Waals surface area contributed by atoms with Crippen LogP contribution in [-0.4, -0.2) is 12.5 Å². The lowest BCUT2D eigenvalue weighted by atomic mass is 9.69. The van der Waals surface area contributed by atoms with Crippen LogP contribution in [0.15, 0.2) is 24.3 Å². The molecule has 0 spiro atoms. The molecule has 0 aromatic rings. The van der Waals surface area contributed by atoms with Crippen LogP contribution in [0, 0.1) is 23.7 Å². The zero-order valence-corrected chi connectivity index (χ0v) is 17.2. The third-order valence-corrected chi connectivity index (χ3v) is 7.56.